The number of ether oxygens (including phenoxy) is 1. The highest BCUT2D eigenvalue weighted by Crippen LogP contribution is 2.65. The van der Waals surface area contributed by atoms with Gasteiger partial charge in [0.2, 0.25) is 0 Å². The topological polar surface area (TPSA) is 68.3 Å². The van der Waals surface area contributed by atoms with E-state index in [0.29, 0.717) is 17.8 Å². The number of rotatable bonds is 4. The smallest absolute Gasteiger partial charge is 0.412 e. The quantitative estimate of drug-likeness (QED) is 0.850. The van der Waals surface area contributed by atoms with Gasteiger partial charge in [-0.25, -0.2) is 4.79 Å². The molecule has 0 saturated heterocycles. The second-order valence-electron chi connectivity index (χ2n) is 7.78. The van der Waals surface area contributed by atoms with Crippen LogP contribution in [0.25, 0.3) is 0 Å². The van der Waals surface area contributed by atoms with Crippen LogP contribution in [0.15, 0.2) is 12.3 Å². The van der Waals surface area contributed by atoms with E-state index in [9.17, 15) is 9.59 Å². The summed E-state index contributed by atoms with van der Waals surface area (Å²) < 4.78 is 5.30. The van der Waals surface area contributed by atoms with Crippen LogP contribution in [-0.2, 0) is 10.2 Å². The van der Waals surface area contributed by atoms with Crippen molar-refractivity contribution < 1.29 is 14.3 Å². The molecule has 0 unspecified atom stereocenters. The van der Waals surface area contributed by atoms with Crippen molar-refractivity contribution in [3.8, 4) is 0 Å². The lowest BCUT2D eigenvalue weighted by Crippen LogP contribution is -2.55. The summed E-state index contributed by atoms with van der Waals surface area (Å²) in [6.07, 6.45) is 5.19. The number of nitrogens with zero attached hydrogens (tertiary/aromatic N) is 1. The van der Waals surface area contributed by atoms with E-state index in [0.717, 1.165) is 11.5 Å². The maximum atomic E-state index is 12.1. The molecule has 124 valence electrons. The van der Waals surface area contributed by atoms with Crippen molar-refractivity contribution in [2.24, 2.45) is 5.92 Å². The Balaban J connectivity index is 1.86. The van der Waals surface area contributed by atoms with Crippen LogP contribution in [0.3, 0.4) is 0 Å². The molecule has 3 fully saturated rings. The van der Waals surface area contributed by atoms with Crippen LogP contribution in [0.2, 0.25) is 0 Å². The van der Waals surface area contributed by atoms with Gasteiger partial charge in [0.05, 0.1) is 5.69 Å². The highest BCUT2D eigenvalue weighted by Gasteiger charge is 2.57. The van der Waals surface area contributed by atoms with Crippen LogP contribution in [0, 0.1) is 5.92 Å². The third kappa shape index (κ3) is 2.96. The van der Waals surface area contributed by atoms with Crippen molar-refractivity contribution in [1.29, 1.82) is 0 Å². The maximum Gasteiger partial charge on any atom is 0.412 e. The fourth-order valence-corrected chi connectivity index (χ4v) is 3.49. The lowest BCUT2D eigenvalue weighted by atomic mass is 9.42. The summed E-state index contributed by atoms with van der Waals surface area (Å²) in [5.74, 6) is 0.773. The summed E-state index contributed by atoms with van der Waals surface area (Å²) in [6.45, 7) is 7.21. The first kappa shape index (κ1) is 16.0. The summed E-state index contributed by atoms with van der Waals surface area (Å²) in [4.78, 5) is 28.5. The average Bonchev–Trinajstić information content (AvgIpc) is 2.32. The molecule has 3 aliphatic carbocycles. The predicted molar refractivity (Wildman–Crippen MR) is 87.7 cm³/mol. The van der Waals surface area contributed by atoms with Crippen LogP contribution < -0.4 is 5.32 Å². The Labute approximate surface area is 136 Å². The number of Topliss-reactive ketones (excluding diaryl/α,β-unsaturated/α-hetero) is 1. The van der Waals surface area contributed by atoms with Crippen molar-refractivity contribution in [3.63, 3.8) is 0 Å². The molecule has 23 heavy (non-hydrogen) atoms. The number of carbonyl (C=O) groups excluding carboxylic acids is 2. The zero-order valence-electron chi connectivity index (χ0n) is 14.2. The predicted octanol–water partition coefficient (Wildman–Crippen LogP) is 4.07. The van der Waals surface area contributed by atoms with E-state index in [1.54, 1.807) is 33.9 Å². The largest absolute Gasteiger partial charge is 0.444 e. The minimum Gasteiger partial charge on any atom is -0.444 e. The molecule has 0 aromatic carbocycles. The van der Waals surface area contributed by atoms with E-state index in [1.165, 1.54) is 19.3 Å². The highest BCUT2D eigenvalue weighted by molar-refractivity contribution is 6.02. The van der Waals surface area contributed by atoms with Gasteiger partial charge in [0.15, 0.2) is 5.78 Å². The van der Waals surface area contributed by atoms with Crippen molar-refractivity contribution in [2.45, 2.75) is 64.4 Å². The summed E-state index contributed by atoms with van der Waals surface area (Å²) in [6, 6.07) is 1.91. The molecule has 1 N–H and O–H groups in total. The molecule has 1 amide bonds. The minimum atomic E-state index is -0.585. The molecule has 1 aromatic heterocycles. The molecule has 0 radical (unpaired) electrons. The molecule has 5 nitrogen and oxygen atoms in total. The molecule has 1 aromatic rings. The zero-order chi connectivity index (χ0) is 16.8. The summed E-state index contributed by atoms with van der Waals surface area (Å²) in [7, 11) is 0. The highest BCUT2D eigenvalue weighted by atomic mass is 16.6. The SMILES string of the molecule is CCC(=O)c1ncc(C23CC(C2)C3)cc1NC(=O)OC(C)(C)C. The Hall–Kier alpha value is -1.91. The van der Waals surface area contributed by atoms with Crippen LogP contribution >= 0.6 is 0 Å². The van der Waals surface area contributed by atoms with Gasteiger partial charge in [-0.15, -0.1) is 0 Å². The number of aromatic nitrogens is 1. The standard InChI is InChI=1S/C18H24N2O3/c1-5-14(21)15-13(20-16(22)23-17(2,3)4)6-12(10-19-15)18-7-11(8-18)9-18/h6,10-11H,5,7-9H2,1-4H3,(H,20,22). The number of ketones is 1. The number of carbonyl (C=O) groups is 2. The monoisotopic (exact) mass is 316 g/mol. The third-order valence-corrected chi connectivity index (χ3v) is 4.76. The fourth-order valence-electron chi connectivity index (χ4n) is 3.49. The molecule has 0 aliphatic heterocycles. The molecule has 2 bridgehead atoms. The van der Waals surface area contributed by atoms with Crippen molar-refractivity contribution in [3.05, 3.63) is 23.5 Å². The van der Waals surface area contributed by atoms with Gasteiger partial charge in [-0.2, -0.15) is 0 Å². The number of hydrogen-bond acceptors (Lipinski definition) is 4. The Morgan fingerprint density at radius 2 is 2.00 bits per heavy atom. The summed E-state index contributed by atoms with van der Waals surface area (Å²) >= 11 is 0. The van der Waals surface area contributed by atoms with E-state index in [1.807, 2.05) is 6.07 Å². The van der Waals surface area contributed by atoms with Gasteiger partial charge in [-0.3, -0.25) is 15.1 Å². The van der Waals surface area contributed by atoms with E-state index in [-0.39, 0.29) is 11.2 Å². The number of hydrogen-bond donors (Lipinski definition) is 1. The van der Waals surface area contributed by atoms with Crippen LogP contribution in [-0.4, -0.2) is 22.5 Å². The normalized spacial score (nSPS) is 25.1. The van der Waals surface area contributed by atoms with Crippen molar-refractivity contribution in [2.75, 3.05) is 5.32 Å². The number of anilines is 1. The Morgan fingerprint density at radius 3 is 2.48 bits per heavy atom. The summed E-state index contributed by atoms with van der Waals surface area (Å²) in [5, 5.41) is 2.72. The second kappa shape index (κ2) is 5.32. The molecule has 3 aliphatic rings. The van der Waals surface area contributed by atoms with Gasteiger partial charge in [0.25, 0.3) is 0 Å². The summed E-state index contributed by atoms with van der Waals surface area (Å²) in [5.41, 5.74) is 1.55. The first-order chi connectivity index (χ1) is 10.7. The Bertz CT molecular complexity index is 644. The molecular formula is C18H24N2O3. The van der Waals surface area contributed by atoms with E-state index < -0.39 is 11.7 Å². The van der Waals surface area contributed by atoms with Crippen molar-refractivity contribution >= 4 is 17.6 Å². The second-order valence-corrected chi connectivity index (χ2v) is 7.78. The molecule has 3 saturated carbocycles. The van der Waals surface area contributed by atoms with E-state index in [4.69, 9.17) is 4.74 Å². The zero-order valence-corrected chi connectivity index (χ0v) is 14.2. The van der Waals surface area contributed by atoms with Crippen LogP contribution in [0.4, 0.5) is 10.5 Å². The third-order valence-electron chi connectivity index (χ3n) is 4.76. The van der Waals surface area contributed by atoms with Gasteiger partial charge < -0.3 is 4.74 Å². The lowest BCUT2D eigenvalue weighted by molar-refractivity contribution is -0.0276. The van der Waals surface area contributed by atoms with Gasteiger partial charge >= 0.3 is 6.09 Å². The van der Waals surface area contributed by atoms with Gasteiger partial charge in [0, 0.05) is 12.6 Å². The molecule has 4 rings (SSSR count). The number of pyridine rings is 1. The molecule has 5 heteroatoms. The van der Waals surface area contributed by atoms with E-state index >= 15 is 0 Å². The van der Waals surface area contributed by atoms with Crippen LogP contribution in [0.1, 0.15) is 69.4 Å². The number of amides is 1. The first-order valence-electron chi connectivity index (χ1n) is 8.26. The van der Waals surface area contributed by atoms with Crippen molar-refractivity contribution in [1.82, 2.24) is 4.98 Å². The van der Waals surface area contributed by atoms with Gasteiger partial charge in [-0.1, -0.05) is 6.92 Å². The molecular weight excluding hydrogens is 292 g/mol. The number of nitrogens with one attached hydrogen (secondary N) is 1. The average molecular weight is 316 g/mol. The molecule has 1 heterocycles. The Morgan fingerprint density at radius 1 is 1.35 bits per heavy atom. The lowest BCUT2D eigenvalue weighted by Gasteiger charge is -2.62. The minimum absolute atomic E-state index is 0.0831. The van der Waals surface area contributed by atoms with E-state index in [2.05, 4.69) is 10.3 Å². The maximum absolute atomic E-state index is 12.1. The van der Waals surface area contributed by atoms with Gasteiger partial charge in [-0.05, 0) is 63.0 Å². The fraction of sp³-hybridized carbons (Fsp3) is 0.611. The Kier molecular flexibility index (Phi) is 3.69. The van der Waals surface area contributed by atoms with Crippen LogP contribution in [0.5, 0.6) is 0 Å². The van der Waals surface area contributed by atoms with Gasteiger partial charge in [0.1, 0.15) is 11.3 Å². The molecule has 0 spiro atoms. The first-order valence-corrected chi connectivity index (χ1v) is 8.26. The molecule has 0 atom stereocenters.